The minimum absolute atomic E-state index is 0.143. The summed E-state index contributed by atoms with van der Waals surface area (Å²) in [6, 6.07) is 10.4. The van der Waals surface area contributed by atoms with Crippen LogP contribution in [-0.2, 0) is 0 Å². The van der Waals surface area contributed by atoms with Gasteiger partial charge in [-0.15, -0.1) is 0 Å². The van der Waals surface area contributed by atoms with Gasteiger partial charge in [0.2, 0.25) is 0 Å². The number of nitrogens with zero attached hydrogens (tertiary/aromatic N) is 1. The van der Waals surface area contributed by atoms with Crippen molar-refractivity contribution >= 4 is 40.5 Å². The minimum atomic E-state index is -0.329. The third-order valence-corrected chi connectivity index (χ3v) is 3.31. The maximum atomic E-state index is 12.2. The second-order valence-electron chi connectivity index (χ2n) is 4.63. The van der Waals surface area contributed by atoms with E-state index in [0.717, 1.165) is 6.42 Å². The number of ether oxygens (including phenoxy) is 1. The Morgan fingerprint density at radius 1 is 1.35 bits per heavy atom. The Balaban J connectivity index is 1.98. The first-order valence-electron chi connectivity index (χ1n) is 7.06. The summed E-state index contributed by atoms with van der Waals surface area (Å²) in [4.78, 5) is 16.1. The summed E-state index contributed by atoms with van der Waals surface area (Å²) in [5, 5.41) is 5.85. The number of aromatic nitrogens is 1. The van der Waals surface area contributed by atoms with Gasteiger partial charge in [0, 0.05) is 11.8 Å². The molecule has 2 rings (SSSR count). The smallest absolute Gasteiger partial charge is 0.257 e. The van der Waals surface area contributed by atoms with Crippen molar-refractivity contribution in [3.63, 3.8) is 0 Å². The highest BCUT2D eigenvalue weighted by Gasteiger charge is 2.10. The van der Waals surface area contributed by atoms with Crippen molar-refractivity contribution in [2.24, 2.45) is 0 Å². The van der Waals surface area contributed by atoms with Crippen molar-refractivity contribution < 1.29 is 9.53 Å². The normalized spacial score (nSPS) is 10.0. The number of pyridine rings is 1. The van der Waals surface area contributed by atoms with Crippen LogP contribution >= 0.6 is 23.8 Å². The van der Waals surface area contributed by atoms with Gasteiger partial charge < -0.3 is 10.1 Å². The van der Waals surface area contributed by atoms with Crippen molar-refractivity contribution in [3.05, 3.63) is 53.3 Å². The Kier molecular flexibility index (Phi) is 6.31. The number of hydrogen-bond acceptors (Lipinski definition) is 4. The van der Waals surface area contributed by atoms with E-state index in [-0.39, 0.29) is 16.2 Å². The number of hydrogen-bond donors (Lipinski definition) is 2. The van der Waals surface area contributed by atoms with Gasteiger partial charge in [0.15, 0.2) is 10.3 Å². The van der Waals surface area contributed by atoms with Gasteiger partial charge in [0.25, 0.3) is 5.91 Å². The summed E-state index contributed by atoms with van der Waals surface area (Å²) in [6.07, 6.45) is 2.47. The van der Waals surface area contributed by atoms with Crippen LogP contribution in [0.2, 0.25) is 5.15 Å². The Morgan fingerprint density at radius 2 is 2.17 bits per heavy atom. The van der Waals surface area contributed by atoms with Gasteiger partial charge in [0.1, 0.15) is 5.75 Å². The average Bonchev–Trinajstić information content (AvgIpc) is 2.55. The number of carbonyl (C=O) groups excluding carboxylic acids is 1. The van der Waals surface area contributed by atoms with Crippen molar-refractivity contribution in [3.8, 4) is 5.75 Å². The molecule has 0 atom stereocenters. The van der Waals surface area contributed by atoms with Crippen LogP contribution in [0.15, 0.2) is 42.6 Å². The van der Waals surface area contributed by atoms with Crippen LogP contribution in [0.5, 0.6) is 5.75 Å². The van der Waals surface area contributed by atoms with E-state index in [2.05, 4.69) is 15.6 Å². The van der Waals surface area contributed by atoms with Crippen molar-refractivity contribution in [2.45, 2.75) is 13.3 Å². The van der Waals surface area contributed by atoms with Crippen LogP contribution in [0.25, 0.3) is 0 Å². The zero-order chi connectivity index (χ0) is 16.7. The van der Waals surface area contributed by atoms with Gasteiger partial charge >= 0.3 is 0 Å². The Bertz CT molecular complexity index is 709. The molecule has 1 aromatic carbocycles. The summed E-state index contributed by atoms with van der Waals surface area (Å²) in [6.45, 7) is 2.62. The highest BCUT2D eigenvalue weighted by molar-refractivity contribution is 7.80. The lowest BCUT2D eigenvalue weighted by Crippen LogP contribution is -2.34. The van der Waals surface area contributed by atoms with Gasteiger partial charge in [0.05, 0.1) is 12.3 Å². The number of thiocarbonyl (C=S) groups is 1. The van der Waals surface area contributed by atoms with Crippen LogP contribution in [0.3, 0.4) is 0 Å². The lowest BCUT2D eigenvalue weighted by atomic mass is 10.2. The highest BCUT2D eigenvalue weighted by atomic mass is 35.5. The maximum Gasteiger partial charge on any atom is 0.257 e. The Labute approximate surface area is 145 Å². The molecule has 1 amide bonds. The molecule has 1 aromatic heterocycles. The van der Waals surface area contributed by atoms with E-state index in [9.17, 15) is 4.79 Å². The summed E-state index contributed by atoms with van der Waals surface area (Å²) in [7, 11) is 0. The summed E-state index contributed by atoms with van der Waals surface area (Å²) in [5.41, 5.74) is 0.986. The number of anilines is 1. The van der Waals surface area contributed by atoms with E-state index in [1.54, 1.807) is 42.6 Å². The molecule has 0 aliphatic carbocycles. The molecular formula is C16H16ClN3O2S. The molecule has 1 heterocycles. The zero-order valence-corrected chi connectivity index (χ0v) is 14.1. The van der Waals surface area contributed by atoms with Crippen molar-refractivity contribution in [1.29, 1.82) is 0 Å². The fourth-order valence-corrected chi connectivity index (χ4v) is 2.12. The number of rotatable bonds is 5. The molecule has 0 aliphatic rings. The highest BCUT2D eigenvalue weighted by Crippen LogP contribution is 2.17. The van der Waals surface area contributed by atoms with E-state index in [4.69, 9.17) is 28.6 Å². The first kappa shape index (κ1) is 17.2. The monoisotopic (exact) mass is 349 g/mol. The molecule has 0 saturated heterocycles. The number of halogens is 1. The molecule has 0 bridgehead atoms. The van der Waals surface area contributed by atoms with Gasteiger partial charge in [-0.25, -0.2) is 4.98 Å². The van der Waals surface area contributed by atoms with Crippen LogP contribution in [0.1, 0.15) is 23.7 Å². The van der Waals surface area contributed by atoms with Crippen molar-refractivity contribution in [1.82, 2.24) is 10.3 Å². The lowest BCUT2D eigenvalue weighted by Gasteiger charge is -2.11. The minimum Gasteiger partial charge on any atom is -0.494 e. The fraction of sp³-hybridized carbons (Fsp3) is 0.188. The molecule has 0 aliphatic heterocycles. The predicted molar refractivity (Wildman–Crippen MR) is 95.2 cm³/mol. The molecule has 2 aromatic rings. The molecule has 0 spiro atoms. The van der Waals surface area contributed by atoms with Crippen LogP contribution in [0, 0.1) is 0 Å². The first-order chi connectivity index (χ1) is 11.1. The molecule has 120 valence electrons. The first-order valence-corrected chi connectivity index (χ1v) is 7.84. The van der Waals surface area contributed by atoms with E-state index in [0.29, 0.717) is 23.6 Å². The van der Waals surface area contributed by atoms with Crippen LogP contribution < -0.4 is 15.4 Å². The quantitative estimate of drug-likeness (QED) is 0.637. The largest absolute Gasteiger partial charge is 0.494 e. The molecule has 0 unspecified atom stereocenters. The van der Waals surface area contributed by atoms with Crippen molar-refractivity contribution in [2.75, 3.05) is 11.9 Å². The summed E-state index contributed by atoms with van der Waals surface area (Å²) >= 11 is 11.0. The maximum absolute atomic E-state index is 12.2. The molecular weight excluding hydrogens is 334 g/mol. The zero-order valence-electron chi connectivity index (χ0n) is 12.5. The van der Waals surface area contributed by atoms with Crippen LogP contribution in [-0.4, -0.2) is 22.6 Å². The van der Waals surface area contributed by atoms with Gasteiger partial charge in [-0.05, 0) is 49.0 Å². The SMILES string of the molecule is CCCOc1cccc(C(=O)NC(=S)Nc2cccnc2Cl)c1. The second kappa shape index (κ2) is 8.45. The third kappa shape index (κ3) is 5.19. The molecule has 2 N–H and O–H groups in total. The molecule has 0 fully saturated rings. The molecule has 7 heteroatoms. The standard InChI is InChI=1S/C16H16ClN3O2S/c1-2-9-22-12-6-3-5-11(10-12)15(21)20-16(23)19-13-7-4-8-18-14(13)17/h3-8,10H,2,9H2,1H3,(H2,19,20,21,23). The van der Waals surface area contributed by atoms with Gasteiger partial charge in [-0.1, -0.05) is 24.6 Å². The molecule has 5 nitrogen and oxygen atoms in total. The Hall–Kier alpha value is -2.18. The number of amides is 1. The fourth-order valence-electron chi connectivity index (χ4n) is 1.76. The van der Waals surface area contributed by atoms with Gasteiger partial charge in [-0.3, -0.25) is 10.1 Å². The topological polar surface area (TPSA) is 63.2 Å². The van der Waals surface area contributed by atoms with E-state index < -0.39 is 0 Å². The lowest BCUT2D eigenvalue weighted by molar-refractivity contribution is 0.0977. The molecule has 0 saturated carbocycles. The van der Waals surface area contributed by atoms with E-state index in [1.807, 2.05) is 6.92 Å². The Morgan fingerprint density at radius 3 is 2.91 bits per heavy atom. The molecule has 23 heavy (non-hydrogen) atoms. The van der Waals surface area contributed by atoms with E-state index >= 15 is 0 Å². The summed E-state index contributed by atoms with van der Waals surface area (Å²) in [5.74, 6) is 0.318. The third-order valence-electron chi connectivity index (χ3n) is 2.80. The summed E-state index contributed by atoms with van der Waals surface area (Å²) < 4.78 is 5.51. The second-order valence-corrected chi connectivity index (χ2v) is 5.39. The average molecular weight is 350 g/mol. The van der Waals surface area contributed by atoms with E-state index in [1.165, 1.54) is 0 Å². The van der Waals surface area contributed by atoms with Gasteiger partial charge in [-0.2, -0.15) is 0 Å². The molecule has 0 radical (unpaired) electrons. The predicted octanol–water partition coefficient (Wildman–Crippen LogP) is 3.65. The van der Waals surface area contributed by atoms with Crippen LogP contribution in [0.4, 0.5) is 5.69 Å². The number of benzene rings is 1. The number of nitrogens with one attached hydrogen (secondary N) is 2. The number of carbonyl (C=O) groups is 1.